The van der Waals surface area contributed by atoms with Gasteiger partial charge in [0.25, 0.3) is 0 Å². The molecule has 0 bridgehead atoms. The lowest BCUT2D eigenvalue weighted by Crippen LogP contribution is -2.34. The number of thiophene rings is 1. The molecule has 0 saturated heterocycles. The summed E-state index contributed by atoms with van der Waals surface area (Å²) in [5.74, 6) is -0.155. The molecule has 94 valence electrons. The highest BCUT2D eigenvalue weighted by Gasteiger charge is 2.40. The summed E-state index contributed by atoms with van der Waals surface area (Å²) in [4.78, 5) is 12.5. The Morgan fingerprint density at radius 3 is 2.82 bits per heavy atom. The monoisotopic (exact) mass is 273 g/mol. The average molecular weight is 273 g/mol. The van der Waals surface area contributed by atoms with Gasteiger partial charge in [-0.1, -0.05) is 13.0 Å². The largest absolute Gasteiger partial charge is 0.274 e. The normalized spacial score (nSPS) is 23.4. The van der Waals surface area contributed by atoms with Gasteiger partial charge in [-0.25, -0.2) is 8.42 Å². The summed E-state index contributed by atoms with van der Waals surface area (Å²) >= 11 is 1.52. The van der Waals surface area contributed by atoms with Crippen molar-refractivity contribution in [3.8, 4) is 0 Å². The minimum atomic E-state index is -3.48. The van der Waals surface area contributed by atoms with Crippen LogP contribution < -0.4 is 4.72 Å². The van der Waals surface area contributed by atoms with Crippen molar-refractivity contribution in [3.05, 3.63) is 22.4 Å². The molecule has 0 aliphatic heterocycles. The zero-order valence-electron chi connectivity index (χ0n) is 9.55. The van der Waals surface area contributed by atoms with E-state index >= 15 is 0 Å². The van der Waals surface area contributed by atoms with Gasteiger partial charge >= 0.3 is 0 Å². The van der Waals surface area contributed by atoms with Crippen LogP contribution in [0.2, 0.25) is 0 Å². The lowest BCUT2D eigenvalue weighted by Gasteiger charge is -2.05. The van der Waals surface area contributed by atoms with Crippen molar-refractivity contribution in [1.82, 2.24) is 4.72 Å². The van der Waals surface area contributed by atoms with Gasteiger partial charge in [-0.05, 0) is 30.2 Å². The van der Waals surface area contributed by atoms with Crippen molar-refractivity contribution in [1.29, 1.82) is 0 Å². The number of carbonyl (C=O) groups excluding carboxylic acids is 1. The molecule has 1 heterocycles. The molecule has 1 aliphatic carbocycles. The zero-order valence-corrected chi connectivity index (χ0v) is 11.2. The molecule has 0 radical (unpaired) electrons. The van der Waals surface area contributed by atoms with Gasteiger partial charge in [0.1, 0.15) is 0 Å². The van der Waals surface area contributed by atoms with E-state index in [0.717, 1.165) is 11.3 Å². The first-order chi connectivity index (χ1) is 7.98. The molecule has 6 heteroatoms. The van der Waals surface area contributed by atoms with Crippen LogP contribution in [0.4, 0.5) is 0 Å². The van der Waals surface area contributed by atoms with Gasteiger partial charge in [0.15, 0.2) is 0 Å². The van der Waals surface area contributed by atoms with Gasteiger partial charge in [0, 0.05) is 10.8 Å². The number of amides is 1. The molecule has 1 N–H and O–H groups in total. The van der Waals surface area contributed by atoms with Crippen LogP contribution in [0.1, 0.15) is 18.2 Å². The van der Waals surface area contributed by atoms with Gasteiger partial charge in [0.2, 0.25) is 15.9 Å². The predicted octanol–water partition coefficient (Wildman–Crippen LogP) is 1.39. The fourth-order valence-electron chi connectivity index (χ4n) is 1.66. The number of aryl methyl sites for hydroxylation is 1. The second kappa shape index (κ2) is 4.78. The molecule has 0 aromatic carbocycles. The quantitative estimate of drug-likeness (QED) is 0.882. The Bertz CT molecular complexity index is 493. The molecule has 2 rings (SSSR count). The lowest BCUT2D eigenvalue weighted by molar-refractivity contribution is -0.120. The Balaban J connectivity index is 1.84. The average Bonchev–Trinajstić information content (AvgIpc) is 2.79. The molecule has 1 aliphatic rings. The molecular formula is C11H15NO3S2. The summed E-state index contributed by atoms with van der Waals surface area (Å²) < 4.78 is 25.4. The van der Waals surface area contributed by atoms with Crippen LogP contribution in [0.5, 0.6) is 0 Å². The summed E-state index contributed by atoms with van der Waals surface area (Å²) in [6, 6.07) is 3.78. The van der Waals surface area contributed by atoms with E-state index in [4.69, 9.17) is 0 Å². The first-order valence-electron chi connectivity index (χ1n) is 5.54. The van der Waals surface area contributed by atoms with Crippen molar-refractivity contribution in [2.75, 3.05) is 5.75 Å². The van der Waals surface area contributed by atoms with Crippen LogP contribution in [0.25, 0.3) is 0 Å². The van der Waals surface area contributed by atoms with E-state index in [2.05, 4.69) is 4.72 Å². The molecule has 1 aromatic heterocycles. The van der Waals surface area contributed by atoms with E-state index < -0.39 is 10.0 Å². The van der Waals surface area contributed by atoms with Crippen LogP contribution in [0.15, 0.2) is 17.5 Å². The molecule has 17 heavy (non-hydrogen) atoms. The summed E-state index contributed by atoms with van der Waals surface area (Å²) in [6.45, 7) is 1.95. The standard InChI is InChI=1S/C11H15NO3S2/c1-8-7-10(8)11(13)12-17(14,15)6-4-9-3-2-5-16-9/h2-3,5,8,10H,4,6-7H2,1H3,(H,12,13)/t8-,10-/m1/s1. The number of carbonyl (C=O) groups is 1. The van der Waals surface area contributed by atoms with E-state index in [1.54, 1.807) is 0 Å². The van der Waals surface area contributed by atoms with Crippen LogP contribution in [0, 0.1) is 11.8 Å². The molecule has 4 nitrogen and oxygen atoms in total. The fourth-order valence-corrected chi connectivity index (χ4v) is 3.54. The van der Waals surface area contributed by atoms with E-state index in [1.807, 2.05) is 24.4 Å². The fraction of sp³-hybridized carbons (Fsp3) is 0.545. The molecule has 0 unspecified atom stereocenters. The molecule has 1 fully saturated rings. The van der Waals surface area contributed by atoms with E-state index in [0.29, 0.717) is 12.3 Å². The summed E-state index contributed by atoms with van der Waals surface area (Å²) in [6.07, 6.45) is 1.26. The maximum Gasteiger partial charge on any atom is 0.236 e. The third kappa shape index (κ3) is 3.54. The maximum absolute atomic E-state index is 11.6. The van der Waals surface area contributed by atoms with Crippen LogP contribution in [-0.4, -0.2) is 20.1 Å². The van der Waals surface area contributed by atoms with Gasteiger partial charge in [-0.2, -0.15) is 0 Å². The first-order valence-corrected chi connectivity index (χ1v) is 8.08. The minimum Gasteiger partial charge on any atom is -0.274 e. The Kier molecular flexibility index (Phi) is 3.53. The summed E-state index contributed by atoms with van der Waals surface area (Å²) in [7, 11) is -3.48. The number of hydrogen-bond donors (Lipinski definition) is 1. The van der Waals surface area contributed by atoms with Crippen molar-refractivity contribution in [2.24, 2.45) is 11.8 Å². The highest BCUT2D eigenvalue weighted by atomic mass is 32.2. The molecular weight excluding hydrogens is 258 g/mol. The van der Waals surface area contributed by atoms with Gasteiger partial charge in [0.05, 0.1) is 5.75 Å². The topological polar surface area (TPSA) is 63.2 Å². The highest BCUT2D eigenvalue weighted by Crippen LogP contribution is 2.37. The smallest absolute Gasteiger partial charge is 0.236 e. The number of sulfonamides is 1. The van der Waals surface area contributed by atoms with E-state index in [-0.39, 0.29) is 17.6 Å². The number of hydrogen-bond acceptors (Lipinski definition) is 4. The van der Waals surface area contributed by atoms with Crippen molar-refractivity contribution < 1.29 is 13.2 Å². The Morgan fingerprint density at radius 2 is 2.29 bits per heavy atom. The van der Waals surface area contributed by atoms with Gasteiger partial charge in [-0.15, -0.1) is 11.3 Å². The second-order valence-corrected chi connectivity index (χ2v) is 7.31. The van der Waals surface area contributed by atoms with Crippen LogP contribution >= 0.6 is 11.3 Å². The van der Waals surface area contributed by atoms with E-state index in [9.17, 15) is 13.2 Å². The number of nitrogens with one attached hydrogen (secondary N) is 1. The Labute approximate surface area is 105 Å². The molecule has 1 aromatic rings. The van der Waals surface area contributed by atoms with Gasteiger partial charge in [-0.3, -0.25) is 9.52 Å². The summed E-state index contributed by atoms with van der Waals surface area (Å²) in [5.41, 5.74) is 0. The van der Waals surface area contributed by atoms with E-state index in [1.165, 1.54) is 11.3 Å². The zero-order chi connectivity index (χ0) is 12.5. The Hall–Kier alpha value is -0.880. The molecule has 1 amide bonds. The third-order valence-corrected chi connectivity index (χ3v) is 5.09. The van der Waals surface area contributed by atoms with Crippen LogP contribution in [-0.2, 0) is 21.2 Å². The van der Waals surface area contributed by atoms with Crippen LogP contribution in [0.3, 0.4) is 0 Å². The van der Waals surface area contributed by atoms with Crippen molar-refractivity contribution in [3.63, 3.8) is 0 Å². The predicted molar refractivity (Wildman–Crippen MR) is 67.2 cm³/mol. The summed E-state index contributed by atoms with van der Waals surface area (Å²) in [5, 5.41) is 1.91. The van der Waals surface area contributed by atoms with Gasteiger partial charge < -0.3 is 0 Å². The molecule has 2 atom stereocenters. The third-order valence-electron chi connectivity index (χ3n) is 2.90. The minimum absolute atomic E-state index is 0.0274. The highest BCUT2D eigenvalue weighted by molar-refractivity contribution is 7.90. The SMILES string of the molecule is C[C@@H]1C[C@H]1C(=O)NS(=O)(=O)CCc1cccs1. The lowest BCUT2D eigenvalue weighted by atomic mass is 10.3. The Morgan fingerprint density at radius 1 is 1.59 bits per heavy atom. The molecule has 1 saturated carbocycles. The van der Waals surface area contributed by atoms with Crippen molar-refractivity contribution >= 4 is 27.3 Å². The van der Waals surface area contributed by atoms with Crippen molar-refractivity contribution in [2.45, 2.75) is 19.8 Å². The maximum atomic E-state index is 11.6. The molecule has 0 spiro atoms. The first kappa shape index (κ1) is 12.6. The number of rotatable bonds is 5. The second-order valence-electron chi connectivity index (χ2n) is 4.43.